The van der Waals surface area contributed by atoms with E-state index >= 15 is 0 Å². The molecule has 1 aliphatic heterocycles. The highest BCUT2D eigenvalue weighted by Gasteiger charge is 2.25. The van der Waals surface area contributed by atoms with Crippen LogP contribution in [0.2, 0.25) is 0 Å². The second kappa shape index (κ2) is 8.92. The second-order valence-electron chi connectivity index (χ2n) is 8.02. The number of hydrogen-bond acceptors (Lipinski definition) is 3. The van der Waals surface area contributed by atoms with Gasteiger partial charge in [-0.1, -0.05) is 17.7 Å². The summed E-state index contributed by atoms with van der Waals surface area (Å²) in [4.78, 5) is 26.0. The molecule has 1 heterocycles. The summed E-state index contributed by atoms with van der Waals surface area (Å²) in [6.07, 6.45) is 1.80. The molecule has 6 nitrogen and oxygen atoms in total. The van der Waals surface area contributed by atoms with Gasteiger partial charge in [0.15, 0.2) is 6.61 Å². The minimum absolute atomic E-state index is 0.00789. The highest BCUT2D eigenvalue weighted by atomic mass is 16.5. The first-order valence-electron chi connectivity index (χ1n) is 9.26. The predicted molar refractivity (Wildman–Crippen MR) is 102 cm³/mol. The first-order valence-corrected chi connectivity index (χ1v) is 9.26. The number of benzene rings is 1. The molecule has 26 heavy (non-hydrogen) atoms. The van der Waals surface area contributed by atoms with Crippen LogP contribution < -0.4 is 15.4 Å². The minimum atomic E-state index is -0.223. The number of carbonyl (C=O) groups is 2. The number of urea groups is 1. The zero-order valence-electron chi connectivity index (χ0n) is 16.3. The highest BCUT2D eigenvalue weighted by molar-refractivity contribution is 5.77. The maximum absolute atomic E-state index is 12.2. The van der Waals surface area contributed by atoms with Crippen LogP contribution in [0, 0.1) is 12.8 Å². The van der Waals surface area contributed by atoms with E-state index < -0.39 is 0 Å². The molecule has 3 amide bonds. The molecule has 1 aromatic rings. The van der Waals surface area contributed by atoms with E-state index in [0.717, 1.165) is 31.5 Å². The molecule has 0 spiro atoms. The molecule has 2 rings (SSSR count). The summed E-state index contributed by atoms with van der Waals surface area (Å²) in [5, 5.41) is 5.92. The number of piperidine rings is 1. The van der Waals surface area contributed by atoms with Crippen molar-refractivity contribution in [2.45, 2.75) is 46.1 Å². The third-order valence-electron chi connectivity index (χ3n) is 4.36. The lowest BCUT2D eigenvalue weighted by molar-refractivity contribution is -0.123. The highest BCUT2D eigenvalue weighted by Crippen LogP contribution is 2.17. The summed E-state index contributed by atoms with van der Waals surface area (Å²) < 4.78 is 5.48. The van der Waals surface area contributed by atoms with Gasteiger partial charge in [0, 0.05) is 25.2 Å². The predicted octanol–water partition coefficient (Wildman–Crippen LogP) is 2.71. The number of nitrogens with one attached hydrogen (secondary N) is 2. The van der Waals surface area contributed by atoms with E-state index in [2.05, 4.69) is 10.6 Å². The molecule has 1 aliphatic rings. The molecule has 2 N–H and O–H groups in total. The Labute approximate surface area is 156 Å². The zero-order valence-corrected chi connectivity index (χ0v) is 16.3. The summed E-state index contributed by atoms with van der Waals surface area (Å²) in [7, 11) is 0. The molecule has 0 aromatic heterocycles. The largest absolute Gasteiger partial charge is 0.484 e. The first kappa shape index (κ1) is 20.1. The third-order valence-corrected chi connectivity index (χ3v) is 4.36. The van der Waals surface area contributed by atoms with Crippen molar-refractivity contribution in [2.75, 3.05) is 26.2 Å². The molecule has 1 aromatic carbocycles. The van der Waals surface area contributed by atoms with Gasteiger partial charge in [0.1, 0.15) is 5.75 Å². The first-order chi connectivity index (χ1) is 12.2. The standard InChI is InChI=1S/C20H31N3O3/c1-15-5-7-17(8-6-15)26-14-18(24)21-13-16-9-11-23(12-10-16)19(25)22-20(2,3)4/h5-8,16H,9-14H2,1-4H3,(H,21,24)(H,22,25). The Bertz CT molecular complexity index is 600. The van der Waals surface area contributed by atoms with Crippen molar-refractivity contribution < 1.29 is 14.3 Å². The zero-order chi connectivity index (χ0) is 19.2. The van der Waals surface area contributed by atoms with E-state index in [-0.39, 0.29) is 24.1 Å². The fourth-order valence-electron chi connectivity index (χ4n) is 2.83. The van der Waals surface area contributed by atoms with Crippen molar-refractivity contribution >= 4 is 11.9 Å². The lowest BCUT2D eigenvalue weighted by Crippen LogP contribution is -2.51. The van der Waals surface area contributed by atoms with Crippen LogP contribution in [-0.4, -0.2) is 48.6 Å². The van der Waals surface area contributed by atoms with Crippen molar-refractivity contribution in [1.29, 1.82) is 0 Å². The average Bonchev–Trinajstić information content (AvgIpc) is 2.58. The van der Waals surface area contributed by atoms with E-state index in [1.165, 1.54) is 0 Å². The maximum atomic E-state index is 12.2. The Hall–Kier alpha value is -2.24. The number of ether oxygens (including phenoxy) is 1. The SMILES string of the molecule is Cc1ccc(OCC(=O)NCC2CCN(C(=O)NC(C)(C)C)CC2)cc1. The number of aryl methyl sites for hydroxylation is 1. The van der Waals surface area contributed by atoms with E-state index in [1.54, 1.807) is 0 Å². The fourth-order valence-corrected chi connectivity index (χ4v) is 2.83. The Kier molecular flexibility index (Phi) is 6.89. The van der Waals surface area contributed by atoms with Crippen LogP contribution in [-0.2, 0) is 4.79 Å². The Balaban J connectivity index is 1.64. The van der Waals surface area contributed by atoms with Gasteiger partial charge < -0.3 is 20.3 Å². The molecule has 0 unspecified atom stereocenters. The van der Waals surface area contributed by atoms with Crippen molar-refractivity contribution in [2.24, 2.45) is 5.92 Å². The molecule has 6 heteroatoms. The Morgan fingerprint density at radius 2 is 1.77 bits per heavy atom. The van der Waals surface area contributed by atoms with Crippen LogP contribution in [0.15, 0.2) is 24.3 Å². The van der Waals surface area contributed by atoms with Gasteiger partial charge >= 0.3 is 6.03 Å². The van der Waals surface area contributed by atoms with Gasteiger partial charge in [-0.05, 0) is 58.6 Å². The molecule has 0 atom stereocenters. The van der Waals surface area contributed by atoms with Crippen molar-refractivity contribution in [1.82, 2.24) is 15.5 Å². The molecule has 1 fully saturated rings. The number of hydrogen-bond donors (Lipinski definition) is 2. The molecular weight excluding hydrogens is 330 g/mol. The van der Waals surface area contributed by atoms with Crippen molar-refractivity contribution in [3.8, 4) is 5.75 Å². The van der Waals surface area contributed by atoms with E-state index in [4.69, 9.17) is 4.74 Å². The Morgan fingerprint density at radius 3 is 2.35 bits per heavy atom. The molecule has 1 saturated heterocycles. The van der Waals surface area contributed by atoms with Crippen LogP contribution in [0.3, 0.4) is 0 Å². The molecule has 0 bridgehead atoms. The topological polar surface area (TPSA) is 70.7 Å². The summed E-state index contributed by atoms with van der Waals surface area (Å²) >= 11 is 0. The molecule has 144 valence electrons. The van der Waals surface area contributed by atoms with Gasteiger partial charge in [0.2, 0.25) is 0 Å². The van der Waals surface area contributed by atoms with Crippen LogP contribution in [0.4, 0.5) is 4.79 Å². The maximum Gasteiger partial charge on any atom is 0.317 e. The second-order valence-corrected chi connectivity index (χ2v) is 8.02. The van der Waals surface area contributed by atoms with Gasteiger partial charge in [-0.3, -0.25) is 4.79 Å². The van der Waals surface area contributed by atoms with Gasteiger partial charge in [-0.2, -0.15) is 0 Å². The number of carbonyl (C=O) groups excluding carboxylic acids is 2. The van der Waals surface area contributed by atoms with Crippen molar-refractivity contribution in [3.63, 3.8) is 0 Å². The fraction of sp³-hybridized carbons (Fsp3) is 0.600. The van der Waals surface area contributed by atoms with Gasteiger partial charge in [-0.25, -0.2) is 4.79 Å². The third kappa shape index (κ3) is 6.94. The number of likely N-dealkylation sites (tertiary alicyclic amines) is 1. The molecule has 0 saturated carbocycles. The van der Waals surface area contributed by atoms with Crippen LogP contribution in [0.25, 0.3) is 0 Å². The van der Waals surface area contributed by atoms with Crippen LogP contribution in [0.5, 0.6) is 5.75 Å². The quantitative estimate of drug-likeness (QED) is 0.847. The smallest absolute Gasteiger partial charge is 0.317 e. The minimum Gasteiger partial charge on any atom is -0.484 e. The van der Waals surface area contributed by atoms with Gasteiger partial charge in [-0.15, -0.1) is 0 Å². The summed E-state index contributed by atoms with van der Waals surface area (Å²) in [5.74, 6) is 0.986. The van der Waals surface area contributed by atoms with Gasteiger partial charge in [0.05, 0.1) is 0 Å². The van der Waals surface area contributed by atoms with Crippen LogP contribution in [0.1, 0.15) is 39.2 Å². The Morgan fingerprint density at radius 1 is 1.15 bits per heavy atom. The monoisotopic (exact) mass is 361 g/mol. The molecule has 0 radical (unpaired) electrons. The molecular formula is C20H31N3O3. The van der Waals surface area contributed by atoms with E-state index in [9.17, 15) is 9.59 Å². The summed E-state index contributed by atoms with van der Waals surface area (Å²) in [5.41, 5.74) is 0.934. The van der Waals surface area contributed by atoms with E-state index in [1.807, 2.05) is 56.9 Å². The number of amides is 3. The van der Waals surface area contributed by atoms with Gasteiger partial charge in [0.25, 0.3) is 5.91 Å². The van der Waals surface area contributed by atoms with Crippen LogP contribution >= 0.6 is 0 Å². The average molecular weight is 361 g/mol. The number of rotatable bonds is 5. The normalized spacial score (nSPS) is 15.5. The summed E-state index contributed by atoms with van der Waals surface area (Å²) in [6.45, 7) is 10.0. The van der Waals surface area contributed by atoms with Crippen molar-refractivity contribution in [3.05, 3.63) is 29.8 Å². The lowest BCUT2D eigenvalue weighted by Gasteiger charge is -2.34. The van der Waals surface area contributed by atoms with E-state index in [0.29, 0.717) is 18.2 Å². The number of nitrogens with zero attached hydrogens (tertiary/aromatic N) is 1. The summed E-state index contributed by atoms with van der Waals surface area (Å²) in [6, 6.07) is 7.63. The molecule has 0 aliphatic carbocycles. The lowest BCUT2D eigenvalue weighted by atomic mass is 9.97.